The molecule has 1 N–H and O–H groups in total. The van der Waals surface area contributed by atoms with Crippen LogP contribution in [0.5, 0.6) is 0 Å². The molecule has 0 bridgehead atoms. The summed E-state index contributed by atoms with van der Waals surface area (Å²) in [5, 5.41) is 11.0. The first-order valence-electron chi connectivity index (χ1n) is 13.7. The van der Waals surface area contributed by atoms with E-state index in [2.05, 4.69) is 74.1 Å². The predicted octanol–water partition coefficient (Wildman–Crippen LogP) is 9.09. The fourth-order valence-corrected chi connectivity index (χ4v) is 4.40. The molecule has 2 aromatic carbocycles. The van der Waals surface area contributed by atoms with Gasteiger partial charge >= 0.3 is 0 Å². The Morgan fingerprint density at radius 3 is 2.18 bits per heavy atom. The molecule has 4 nitrogen and oxygen atoms in total. The number of allylic oxidation sites excluding steroid dienone is 2. The first-order valence-corrected chi connectivity index (χ1v) is 13.7. The van der Waals surface area contributed by atoms with Crippen LogP contribution in [0.15, 0.2) is 48.5 Å². The third-order valence-electron chi connectivity index (χ3n) is 7.57. The standard InChI is InChI=1S/C19H19N2.C14H26O2.Ir/c1-12(2)15-5-6-17-18(10-15)20-11-21-19(17)16-8-13(3)7-14(4)9-16;1-6-11(7-2)12(15)10-13(16)14(5,8-3)9-4;/h5-8,10-12H,1-4H3;10-11,15H,6-9H2,1-5H3;/q-1;;/b;12-10-;. The van der Waals surface area contributed by atoms with Gasteiger partial charge in [0, 0.05) is 37.5 Å². The second-order valence-electron chi connectivity index (χ2n) is 10.6. The van der Waals surface area contributed by atoms with E-state index in [0.29, 0.717) is 5.92 Å². The molecule has 1 aromatic heterocycles. The molecule has 209 valence electrons. The van der Waals surface area contributed by atoms with Gasteiger partial charge in [-0.25, -0.2) is 4.98 Å². The number of aliphatic hydroxyl groups excluding tert-OH is 1. The maximum Gasteiger partial charge on any atom is 0.164 e. The van der Waals surface area contributed by atoms with Gasteiger partial charge in [-0.15, -0.1) is 34.9 Å². The fourth-order valence-electron chi connectivity index (χ4n) is 4.40. The maximum atomic E-state index is 12.0. The van der Waals surface area contributed by atoms with E-state index in [1.807, 2.05) is 34.6 Å². The molecule has 0 saturated carbocycles. The first-order chi connectivity index (χ1) is 17.5. The van der Waals surface area contributed by atoms with Gasteiger partial charge < -0.3 is 5.11 Å². The molecule has 0 aliphatic rings. The van der Waals surface area contributed by atoms with Crippen molar-refractivity contribution in [1.29, 1.82) is 0 Å². The smallest absolute Gasteiger partial charge is 0.164 e. The summed E-state index contributed by atoms with van der Waals surface area (Å²) in [6.45, 7) is 18.6. The van der Waals surface area contributed by atoms with Crippen molar-refractivity contribution in [2.24, 2.45) is 11.3 Å². The van der Waals surface area contributed by atoms with Crippen LogP contribution >= 0.6 is 0 Å². The van der Waals surface area contributed by atoms with Gasteiger partial charge in [0.05, 0.1) is 11.3 Å². The van der Waals surface area contributed by atoms with Gasteiger partial charge in [-0.05, 0) is 54.3 Å². The van der Waals surface area contributed by atoms with Crippen LogP contribution in [0, 0.1) is 31.2 Å². The maximum absolute atomic E-state index is 12.0. The van der Waals surface area contributed by atoms with Crippen LogP contribution in [0.2, 0.25) is 0 Å². The number of fused-ring (bicyclic) bond motifs is 1. The molecule has 0 fully saturated rings. The van der Waals surface area contributed by atoms with Crippen LogP contribution in [0.3, 0.4) is 0 Å². The zero-order chi connectivity index (χ0) is 27.8. The van der Waals surface area contributed by atoms with Crippen molar-refractivity contribution in [3.05, 3.63) is 71.3 Å². The van der Waals surface area contributed by atoms with Crippen molar-refractivity contribution in [2.75, 3.05) is 0 Å². The Hall–Kier alpha value is -2.36. The Morgan fingerprint density at radius 1 is 1.03 bits per heavy atom. The van der Waals surface area contributed by atoms with Gasteiger partial charge in [-0.3, -0.25) is 9.78 Å². The number of aryl methyl sites for hydroxylation is 2. The third kappa shape index (κ3) is 8.58. The molecule has 0 amide bonds. The number of hydrogen-bond donors (Lipinski definition) is 1. The quantitative estimate of drug-likeness (QED) is 0.138. The molecule has 1 heterocycles. The molecule has 3 rings (SSSR count). The van der Waals surface area contributed by atoms with Gasteiger partial charge in [0.2, 0.25) is 0 Å². The van der Waals surface area contributed by atoms with Crippen molar-refractivity contribution >= 4 is 16.7 Å². The first kappa shape index (κ1) is 33.7. The number of aromatic nitrogens is 2. The number of benzene rings is 2. The Bertz CT molecular complexity index is 1200. The average molecular weight is 694 g/mol. The Labute approximate surface area is 243 Å². The van der Waals surface area contributed by atoms with Crippen LogP contribution in [-0.2, 0) is 24.9 Å². The largest absolute Gasteiger partial charge is 0.512 e. The number of rotatable bonds is 9. The Morgan fingerprint density at radius 2 is 1.66 bits per heavy atom. The molecule has 3 aromatic rings. The number of ketones is 1. The summed E-state index contributed by atoms with van der Waals surface area (Å²) in [5.74, 6) is 0.938. The van der Waals surface area contributed by atoms with E-state index in [4.69, 9.17) is 0 Å². The van der Waals surface area contributed by atoms with E-state index in [-0.39, 0.29) is 43.0 Å². The number of aliphatic hydroxyl groups is 1. The summed E-state index contributed by atoms with van der Waals surface area (Å²) in [4.78, 5) is 21.0. The molecular formula is C33H45IrN2O2-. The van der Waals surface area contributed by atoms with Crippen LogP contribution in [-0.4, -0.2) is 20.9 Å². The monoisotopic (exact) mass is 694 g/mol. The van der Waals surface area contributed by atoms with Crippen molar-refractivity contribution in [3.8, 4) is 11.3 Å². The number of carbonyl (C=O) groups is 1. The van der Waals surface area contributed by atoms with Crippen LogP contribution < -0.4 is 0 Å². The van der Waals surface area contributed by atoms with Crippen LogP contribution in [0.1, 0.15) is 96.8 Å². The van der Waals surface area contributed by atoms with Gasteiger partial charge in [-0.2, -0.15) is 0 Å². The van der Waals surface area contributed by atoms with Crippen molar-refractivity contribution < 1.29 is 30.0 Å². The molecule has 0 spiro atoms. The van der Waals surface area contributed by atoms with Crippen molar-refractivity contribution in [1.82, 2.24) is 9.97 Å². The normalized spacial score (nSPS) is 11.8. The van der Waals surface area contributed by atoms with E-state index >= 15 is 0 Å². The summed E-state index contributed by atoms with van der Waals surface area (Å²) in [6.07, 6.45) is 6.48. The van der Waals surface area contributed by atoms with Crippen LogP contribution in [0.25, 0.3) is 22.2 Å². The van der Waals surface area contributed by atoms with E-state index < -0.39 is 0 Å². The van der Waals surface area contributed by atoms with E-state index in [1.54, 1.807) is 6.33 Å². The second kappa shape index (κ2) is 15.3. The molecule has 0 aliphatic heterocycles. The molecular weight excluding hydrogens is 649 g/mol. The van der Waals surface area contributed by atoms with Crippen LogP contribution in [0.4, 0.5) is 0 Å². The van der Waals surface area contributed by atoms with Crippen molar-refractivity contribution in [3.63, 3.8) is 0 Å². The molecule has 0 aliphatic carbocycles. The SMILES string of the molecule is CCC(CC)/C(O)=C/C(=O)C(C)(CC)CC.Cc1[c-]c(-c2ncnc3cc(C(C)C)ccc23)cc(C)c1.[Ir]. The summed E-state index contributed by atoms with van der Waals surface area (Å²) in [5.41, 5.74) is 6.34. The second-order valence-corrected chi connectivity index (χ2v) is 10.6. The minimum atomic E-state index is -0.319. The zero-order valence-corrected chi connectivity index (χ0v) is 27.0. The van der Waals surface area contributed by atoms with Crippen molar-refractivity contribution in [2.45, 2.75) is 93.9 Å². The van der Waals surface area contributed by atoms with Gasteiger partial charge in [0.15, 0.2) is 5.78 Å². The molecule has 0 unspecified atom stereocenters. The van der Waals surface area contributed by atoms with E-state index in [0.717, 1.165) is 53.4 Å². The minimum absolute atomic E-state index is 0. The summed E-state index contributed by atoms with van der Waals surface area (Å²) in [7, 11) is 0. The molecule has 38 heavy (non-hydrogen) atoms. The fraction of sp³-hybridized carbons (Fsp3) is 0.485. The molecule has 1 radical (unpaired) electrons. The molecule has 0 atom stereocenters. The number of hydrogen-bond acceptors (Lipinski definition) is 4. The van der Waals surface area contributed by atoms with E-state index in [9.17, 15) is 9.90 Å². The predicted molar refractivity (Wildman–Crippen MR) is 156 cm³/mol. The van der Waals surface area contributed by atoms with Gasteiger partial charge in [-0.1, -0.05) is 74.4 Å². The number of carbonyl (C=O) groups excluding carboxylic acids is 1. The van der Waals surface area contributed by atoms with E-state index in [1.165, 1.54) is 17.2 Å². The average Bonchev–Trinajstić information content (AvgIpc) is 2.87. The Kier molecular flexibility index (Phi) is 13.5. The zero-order valence-electron chi connectivity index (χ0n) is 24.6. The van der Waals surface area contributed by atoms with Gasteiger partial charge in [0.1, 0.15) is 6.33 Å². The Balaban J connectivity index is 0.000000387. The summed E-state index contributed by atoms with van der Waals surface area (Å²) >= 11 is 0. The van der Waals surface area contributed by atoms with Gasteiger partial charge in [0.25, 0.3) is 0 Å². The topological polar surface area (TPSA) is 63.1 Å². The summed E-state index contributed by atoms with van der Waals surface area (Å²) in [6, 6.07) is 14.1. The molecule has 5 heteroatoms. The third-order valence-corrected chi connectivity index (χ3v) is 7.57. The summed E-state index contributed by atoms with van der Waals surface area (Å²) < 4.78 is 0. The number of nitrogens with zero attached hydrogens (tertiary/aromatic N) is 2. The minimum Gasteiger partial charge on any atom is -0.512 e. The molecule has 0 saturated heterocycles.